The molecular weight excluding hydrogens is 288 g/mol. The third-order valence-corrected chi connectivity index (χ3v) is 4.29. The highest BCUT2D eigenvalue weighted by molar-refractivity contribution is 5.78. The largest absolute Gasteiger partial charge is 0.483 e. The van der Waals surface area contributed by atoms with Crippen molar-refractivity contribution in [2.24, 2.45) is 11.7 Å². The fraction of sp³-hybridized carbons (Fsp3) is 0.316. The minimum atomic E-state index is 0.0313. The molecule has 0 aromatic heterocycles. The molecule has 0 unspecified atom stereocenters. The first kappa shape index (κ1) is 15.6. The molecule has 0 aliphatic carbocycles. The van der Waals surface area contributed by atoms with Crippen molar-refractivity contribution >= 4 is 5.91 Å². The van der Waals surface area contributed by atoms with E-state index in [1.165, 1.54) is 0 Å². The molecular formula is C19H22N2O2. The van der Waals surface area contributed by atoms with E-state index in [9.17, 15) is 4.79 Å². The average Bonchev–Trinajstić information content (AvgIpc) is 3.10. The summed E-state index contributed by atoms with van der Waals surface area (Å²) < 4.78 is 5.81. The molecule has 2 aromatic carbocycles. The van der Waals surface area contributed by atoms with E-state index in [2.05, 4.69) is 0 Å². The van der Waals surface area contributed by atoms with Crippen molar-refractivity contribution < 1.29 is 9.53 Å². The highest BCUT2D eigenvalue weighted by atomic mass is 16.5. The quantitative estimate of drug-likeness (QED) is 0.923. The summed E-state index contributed by atoms with van der Waals surface area (Å²) in [6.07, 6.45) is 0.989. The van der Waals surface area contributed by atoms with Gasteiger partial charge in [-0.1, -0.05) is 48.5 Å². The molecule has 3 rings (SSSR count). The monoisotopic (exact) mass is 310 g/mol. The molecule has 0 radical (unpaired) electrons. The lowest BCUT2D eigenvalue weighted by Crippen LogP contribution is -2.33. The lowest BCUT2D eigenvalue weighted by Gasteiger charge is -2.17. The number of hydrogen-bond donors (Lipinski definition) is 1. The fourth-order valence-corrected chi connectivity index (χ4v) is 2.93. The minimum absolute atomic E-state index is 0.0313. The predicted octanol–water partition coefficient (Wildman–Crippen LogP) is 2.54. The second-order valence-electron chi connectivity index (χ2n) is 5.88. The van der Waals surface area contributed by atoms with E-state index in [0.29, 0.717) is 12.5 Å². The summed E-state index contributed by atoms with van der Waals surface area (Å²) in [7, 11) is 0. The van der Waals surface area contributed by atoms with Crippen molar-refractivity contribution in [2.75, 3.05) is 26.2 Å². The number of ether oxygens (including phenoxy) is 1. The number of carbonyl (C=O) groups excluding carboxylic acids is 1. The number of hydrogen-bond acceptors (Lipinski definition) is 3. The van der Waals surface area contributed by atoms with Gasteiger partial charge in [0.05, 0.1) is 0 Å². The number of nitrogens with two attached hydrogens (primary N) is 1. The smallest absolute Gasteiger partial charge is 0.260 e. The lowest BCUT2D eigenvalue weighted by molar-refractivity contribution is -0.132. The molecule has 120 valence electrons. The Labute approximate surface area is 136 Å². The zero-order valence-electron chi connectivity index (χ0n) is 13.2. The van der Waals surface area contributed by atoms with Crippen molar-refractivity contribution in [3.05, 3.63) is 54.6 Å². The van der Waals surface area contributed by atoms with Gasteiger partial charge >= 0.3 is 0 Å². The number of rotatable bonds is 5. The maximum atomic E-state index is 12.3. The Kier molecular flexibility index (Phi) is 4.93. The van der Waals surface area contributed by atoms with E-state index in [-0.39, 0.29) is 12.5 Å². The van der Waals surface area contributed by atoms with Crippen LogP contribution in [0.5, 0.6) is 5.75 Å². The van der Waals surface area contributed by atoms with E-state index >= 15 is 0 Å². The van der Waals surface area contributed by atoms with Crippen LogP contribution in [0, 0.1) is 5.92 Å². The van der Waals surface area contributed by atoms with Crippen molar-refractivity contribution in [3.8, 4) is 16.9 Å². The van der Waals surface area contributed by atoms with Crippen LogP contribution < -0.4 is 10.5 Å². The first-order valence-corrected chi connectivity index (χ1v) is 8.03. The molecule has 1 amide bonds. The summed E-state index contributed by atoms with van der Waals surface area (Å²) in [6, 6.07) is 17.9. The Morgan fingerprint density at radius 3 is 2.61 bits per heavy atom. The molecule has 2 aromatic rings. The number of likely N-dealkylation sites (tertiary alicyclic amines) is 1. The van der Waals surface area contributed by atoms with Gasteiger partial charge in [0, 0.05) is 18.7 Å². The highest BCUT2D eigenvalue weighted by Crippen LogP contribution is 2.29. The second kappa shape index (κ2) is 7.29. The van der Waals surface area contributed by atoms with E-state index < -0.39 is 0 Å². The van der Waals surface area contributed by atoms with Gasteiger partial charge in [-0.15, -0.1) is 0 Å². The Hall–Kier alpha value is -2.33. The third-order valence-electron chi connectivity index (χ3n) is 4.29. The van der Waals surface area contributed by atoms with Crippen molar-refractivity contribution in [1.82, 2.24) is 4.90 Å². The van der Waals surface area contributed by atoms with Crippen LogP contribution in [0.4, 0.5) is 0 Å². The maximum absolute atomic E-state index is 12.3. The molecule has 1 heterocycles. The van der Waals surface area contributed by atoms with Gasteiger partial charge in [0.25, 0.3) is 5.91 Å². The average molecular weight is 310 g/mol. The lowest BCUT2D eigenvalue weighted by atomic mass is 10.1. The Balaban J connectivity index is 1.66. The van der Waals surface area contributed by atoms with Gasteiger partial charge in [0.2, 0.25) is 0 Å². The Morgan fingerprint density at radius 1 is 1.13 bits per heavy atom. The van der Waals surface area contributed by atoms with Crippen molar-refractivity contribution in [3.63, 3.8) is 0 Å². The summed E-state index contributed by atoms with van der Waals surface area (Å²) in [5, 5.41) is 0. The van der Waals surface area contributed by atoms with Gasteiger partial charge in [-0.25, -0.2) is 0 Å². The summed E-state index contributed by atoms with van der Waals surface area (Å²) in [6.45, 7) is 2.24. The number of para-hydroxylation sites is 1. The molecule has 0 spiro atoms. The molecule has 1 fully saturated rings. The molecule has 1 aliphatic rings. The maximum Gasteiger partial charge on any atom is 0.260 e. The number of benzene rings is 2. The fourth-order valence-electron chi connectivity index (χ4n) is 2.93. The van der Waals surface area contributed by atoms with Gasteiger partial charge in [0.15, 0.2) is 6.61 Å². The van der Waals surface area contributed by atoms with Gasteiger partial charge in [-0.05, 0) is 30.5 Å². The van der Waals surface area contributed by atoms with Gasteiger partial charge in [-0.2, -0.15) is 0 Å². The van der Waals surface area contributed by atoms with Crippen molar-refractivity contribution in [2.45, 2.75) is 6.42 Å². The van der Waals surface area contributed by atoms with Crippen LogP contribution in [0.15, 0.2) is 54.6 Å². The minimum Gasteiger partial charge on any atom is -0.483 e. The topological polar surface area (TPSA) is 55.6 Å². The third kappa shape index (κ3) is 3.71. The number of carbonyl (C=O) groups is 1. The summed E-state index contributed by atoms with van der Waals surface area (Å²) in [5.41, 5.74) is 7.76. The van der Waals surface area contributed by atoms with Gasteiger partial charge in [-0.3, -0.25) is 4.79 Å². The molecule has 1 atom stereocenters. The molecule has 4 nitrogen and oxygen atoms in total. The van der Waals surface area contributed by atoms with Crippen LogP contribution in [-0.2, 0) is 4.79 Å². The van der Waals surface area contributed by atoms with E-state index in [4.69, 9.17) is 10.5 Å². The van der Waals surface area contributed by atoms with Crippen LogP contribution in [0.1, 0.15) is 6.42 Å². The zero-order valence-corrected chi connectivity index (χ0v) is 13.2. The van der Waals surface area contributed by atoms with E-state index in [1.807, 2.05) is 59.5 Å². The van der Waals surface area contributed by atoms with Gasteiger partial charge < -0.3 is 15.4 Å². The van der Waals surface area contributed by atoms with E-state index in [1.54, 1.807) is 0 Å². The molecule has 0 saturated carbocycles. The van der Waals surface area contributed by atoms with Crippen molar-refractivity contribution in [1.29, 1.82) is 0 Å². The molecule has 23 heavy (non-hydrogen) atoms. The first-order valence-electron chi connectivity index (χ1n) is 8.03. The highest BCUT2D eigenvalue weighted by Gasteiger charge is 2.25. The molecule has 1 aliphatic heterocycles. The normalized spacial score (nSPS) is 17.3. The first-order chi connectivity index (χ1) is 11.3. The molecule has 1 saturated heterocycles. The summed E-state index contributed by atoms with van der Waals surface area (Å²) in [5.74, 6) is 1.20. The Morgan fingerprint density at radius 2 is 1.87 bits per heavy atom. The van der Waals surface area contributed by atoms with Crippen LogP contribution in [0.2, 0.25) is 0 Å². The predicted molar refractivity (Wildman–Crippen MR) is 91.1 cm³/mol. The van der Waals surface area contributed by atoms with Crippen LogP contribution in [-0.4, -0.2) is 37.0 Å². The molecule has 2 N–H and O–H groups in total. The van der Waals surface area contributed by atoms with E-state index in [0.717, 1.165) is 36.4 Å². The van der Waals surface area contributed by atoms with Crippen LogP contribution in [0.25, 0.3) is 11.1 Å². The summed E-state index contributed by atoms with van der Waals surface area (Å²) in [4.78, 5) is 14.1. The standard InChI is InChI=1S/C19H22N2O2/c20-12-15-10-11-21(13-15)19(22)14-23-18-9-5-4-8-17(18)16-6-2-1-3-7-16/h1-9,15H,10-14,20H2/t15-/m1/s1. The number of amides is 1. The van der Waals surface area contributed by atoms with Crippen LogP contribution >= 0.6 is 0 Å². The van der Waals surface area contributed by atoms with Crippen LogP contribution in [0.3, 0.4) is 0 Å². The number of nitrogens with zero attached hydrogens (tertiary/aromatic N) is 1. The second-order valence-corrected chi connectivity index (χ2v) is 5.88. The Bertz CT molecular complexity index is 657. The molecule has 4 heteroatoms. The zero-order chi connectivity index (χ0) is 16.1. The SMILES string of the molecule is NC[C@H]1CCN(C(=O)COc2ccccc2-c2ccccc2)C1. The molecule has 0 bridgehead atoms. The summed E-state index contributed by atoms with van der Waals surface area (Å²) >= 11 is 0. The van der Waals surface area contributed by atoms with Gasteiger partial charge in [0.1, 0.15) is 5.75 Å².